The van der Waals surface area contributed by atoms with Gasteiger partial charge in [-0.05, 0) is 69.4 Å². The number of nitrogens with zero attached hydrogens (tertiary/aromatic N) is 2. The quantitative estimate of drug-likeness (QED) is 0.178. The number of hydrogen-bond donors (Lipinski definition) is 0. The normalized spacial score (nSPS) is 12.9. The van der Waals surface area contributed by atoms with E-state index in [9.17, 15) is 0 Å². The molecule has 0 spiro atoms. The van der Waals surface area contributed by atoms with E-state index in [1.807, 2.05) is 0 Å². The van der Waals surface area contributed by atoms with Gasteiger partial charge >= 0.3 is 0 Å². The molecule has 0 atom stereocenters. The highest BCUT2D eigenvalue weighted by Gasteiger charge is 2.34. The fourth-order valence-corrected chi connectivity index (χ4v) is 9.73. The summed E-state index contributed by atoms with van der Waals surface area (Å²) < 4.78 is 5.01. The SMILES string of the molecule is c1ccc(B2c3ccccc3-n3c4ccc(-c5ccc6c(c5)c5cccc7c5n6-c5ccccc5B7c5ccccc5)cc4c4cccc2c43)cc1. The minimum Gasteiger partial charge on any atom is -0.310 e. The average Bonchev–Trinajstić information content (AvgIpc) is 3.73. The molecule has 4 heteroatoms. The van der Waals surface area contributed by atoms with E-state index in [1.165, 1.54) is 98.9 Å². The molecule has 2 aliphatic rings. The Labute approximate surface area is 302 Å². The van der Waals surface area contributed by atoms with Crippen LogP contribution in [0.3, 0.4) is 0 Å². The lowest BCUT2D eigenvalue weighted by atomic mass is 9.35. The van der Waals surface area contributed by atoms with Crippen molar-refractivity contribution in [3.63, 3.8) is 0 Å². The third kappa shape index (κ3) is 3.71. The lowest BCUT2D eigenvalue weighted by Crippen LogP contribution is -2.55. The Kier molecular flexibility index (Phi) is 5.70. The molecule has 0 unspecified atom stereocenters. The smallest absolute Gasteiger partial charge is 0.246 e. The van der Waals surface area contributed by atoms with E-state index in [0.717, 1.165) is 0 Å². The maximum atomic E-state index is 2.51. The Balaban J connectivity index is 1.08. The maximum Gasteiger partial charge on any atom is 0.246 e. The van der Waals surface area contributed by atoms with Crippen LogP contribution in [0.5, 0.6) is 0 Å². The molecule has 0 saturated carbocycles. The number of benzene rings is 8. The van der Waals surface area contributed by atoms with Crippen molar-refractivity contribution in [1.82, 2.24) is 9.13 Å². The van der Waals surface area contributed by atoms with Gasteiger partial charge in [-0.15, -0.1) is 0 Å². The number of aromatic nitrogens is 2. The molecule has 52 heavy (non-hydrogen) atoms. The van der Waals surface area contributed by atoms with Gasteiger partial charge in [-0.25, -0.2) is 0 Å². The number of para-hydroxylation sites is 4. The first kappa shape index (κ1) is 28.2. The Morgan fingerprint density at radius 3 is 1.17 bits per heavy atom. The second-order valence-electron chi connectivity index (χ2n) is 14.4. The summed E-state index contributed by atoms with van der Waals surface area (Å²) >= 11 is 0. The molecule has 0 saturated heterocycles. The molecule has 4 heterocycles. The van der Waals surface area contributed by atoms with Crippen molar-refractivity contribution in [3.05, 3.63) is 182 Å². The predicted molar refractivity (Wildman–Crippen MR) is 223 cm³/mol. The van der Waals surface area contributed by atoms with Crippen LogP contribution >= 0.6 is 0 Å². The fraction of sp³-hybridized carbons (Fsp3) is 0. The second-order valence-corrected chi connectivity index (χ2v) is 14.4. The third-order valence-electron chi connectivity index (χ3n) is 11.8. The largest absolute Gasteiger partial charge is 0.310 e. The van der Waals surface area contributed by atoms with E-state index in [4.69, 9.17) is 0 Å². The Bertz CT molecular complexity index is 2870. The molecular weight excluding hydrogens is 626 g/mol. The number of rotatable bonds is 3. The van der Waals surface area contributed by atoms with Gasteiger partial charge in [0.2, 0.25) is 13.4 Å². The third-order valence-corrected chi connectivity index (χ3v) is 11.8. The molecule has 0 fully saturated rings. The summed E-state index contributed by atoms with van der Waals surface area (Å²) in [6.07, 6.45) is 0. The van der Waals surface area contributed by atoms with Crippen molar-refractivity contribution in [2.24, 2.45) is 0 Å². The van der Waals surface area contributed by atoms with Gasteiger partial charge < -0.3 is 9.13 Å². The van der Waals surface area contributed by atoms with Crippen molar-refractivity contribution in [1.29, 1.82) is 0 Å². The summed E-state index contributed by atoms with van der Waals surface area (Å²) in [4.78, 5) is 0. The summed E-state index contributed by atoms with van der Waals surface area (Å²) in [5.41, 5.74) is 18.2. The number of hydrogen-bond acceptors (Lipinski definition) is 0. The first-order valence-electron chi connectivity index (χ1n) is 18.3. The van der Waals surface area contributed by atoms with Crippen molar-refractivity contribution >= 4 is 89.8 Å². The van der Waals surface area contributed by atoms with Crippen LogP contribution in [0.15, 0.2) is 182 Å². The van der Waals surface area contributed by atoms with Crippen LogP contribution in [0.1, 0.15) is 0 Å². The predicted octanol–water partition coefficient (Wildman–Crippen LogP) is 7.21. The first-order chi connectivity index (χ1) is 25.8. The van der Waals surface area contributed by atoms with Crippen LogP contribution in [0.2, 0.25) is 0 Å². The van der Waals surface area contributed by atoms with Crippen molar-refractivity contribution in [2.45, 2.75) is 0 Å². The van der Waals surface area contributed by atoms with Crippen LogP contribution in [0.4, 0.5) is 0 Å². The molecule has 0 N–H and O–H groups in total. The van der Waals surface area contributed by atoms with Gasteiger partial charge in [0.25, 0.3) is 0 Å². The lowest BCUT2D eigenvalue weighted by Gasteiger charge is -2.27. The summed E-state index contributed by atoms with van der Waals surface area (Å²) in [5, 5.41) is 5.20. The Morgan fingerprint density at radius 1 is 0.308 bits per heavy atom. The Hall–Kier alpha value is -6.51. The van der Waals surface area contributed by atoms with Crippen LogP contribution < -0.4 is 32.8 Å². The Morgan fingerprint density at radius 2 is 0.712 bits per heavy atom. The molecule has 0 aliphatic carbocycles. The summed E-state index contributed by atoms with van der Waals surface area (Å²) in [7, 11) is 0. The van der Waals surface area contributed by atoms with Crippen molar-refractivity contribution in [3.8, 4) is 22.5 Å². The zero-order valence-corrected chi connectivity index (χ0v) is 28.4. The topological polar surface area (TPSA) is 9.86 Å². The van der Waals surface area contributed by atoms with E-state index in [-0.39, 0.29) is 13.4 Å². The van der Waals surface area contributed by atoms with Crippen LogP contribution in [-0.4, -0.2) is 22.6 Å². The van der Waals surface area contributed by atoms with E-state index >= 15 is 0 Å². The highest BCUT2D eigenvalue weighted by Crippen LogP contribution is 2.39. The molecule has 238 valence electrons. The van der Waals surface area contributed by atoms with Gasteiger partial charge in [-0.1, -0.05) is 157 Å². The summed E-state index contributed by atoms with van der Waals surface area (Å²) in [6, 6.07) is 67.8. The van der Waals surface area contributed by atoms with E-state index in [0.29, 0.717) is 0 Å². The molecule has 2 aliphatic heterocycles. The molecule has 0 bridgehead atoms. The highest BCUT2D eigenvalue weighted by molar-refractivity contribution is 6.98. The van der Waals surface area contributed by atoms with Crippen LogP contribution in [0, 0.1) is 0 Å². The zero-order valence-electron chi connectivity index (χ0n) is 28.4. The molecule has 10 aromatic rings. The molecule has 12 rings (SSSR count). The number of fused-ring (bicyclic) bond motifs is 10. The van der Waals surface area contributed by atoms with Gasteiger partial charge in [0.15, 0.2) is 0 Å². The fourth-order valence-electron chi connectivity index (χ4n) is 9.73. The van der Waals surface area contributed by atoms with E-state index in [1.54, 1.807) is 0 Å². The molecule has 2 aromatic heterocycles. The van der Waals surface area contributed by atoms with Crippen molar-refractivity contribution in [2.75, 3.05) is 0 Å². The molecule has 8 aromatic carbocycles. The molecule has 0 amide bonds. The average molecular weight is 656 g/mol. The first-order valence-corrected chi connectivity index (χ1v) is 18.3. The van der Waals surface area contributed by atoms with Gasteiger partial charge in [0, 0.05) is 44.0 Å². The molecule has 2 nitrogen and oxygen atoms in total. The minimum absolute atomic E-state index is 0.191. The van der Waals surface area contributed by atoms with Gasteiger partial charge in [-0.3, -0.25) is 0 Å². The maximum absolute atomic E-state index is 2.51. The van der Waals surface area contributed by atoms with Gasteiger partial charge in [0.1, 0.15) is 0 Å². The zero-order chi connectivity index (χ0) is 33.9. The monoisotopic (exact) mass is 656 g/mol. The minimum atomic E-state index is 0.191. The molecule has 0 radical (unpaired) electrons. The van der Waals surface area contributed by atoms with Gasteiger partial charge in [-0.2, -0.15) is 0 Å². The van der Waals surface area contributed by atoms with E-state index < -0.39 is 0 Å². The lowest BCUT2D eigenvalue weighted by molar-refractivity contribution is 1.19. The second kappa shape index (κ2) is 10.5. The van der Waals surface area contributed by atoms with Gasteiger partial charge in [0.05, 0.1) is 11.0 Å². The summed E-state index contributed by atoms with van der Waals surface area (Å²) in [6.45, 7) is 0.382. The van der Waals surface area contributed by atoms with Crippen LogP contribution in [-0.2, 0) is 0 Å². The highest BCUT2D eigenvalue weighted by atomic mass is 15.0. The van der Waals surface area contributed by atoms with Crippen molar-refractivity contribution < 1.29 is 0 Å². The standard InChI is InChI=1S/C48H30B2N2/c1-3-13-33(14-4-1)49-39-19-7-9-23-45(39)51-43-27-25-31(29-37(43)35-17-11-21-41(49)47(35)51)32-26-28-44-38(30-32)36-18-12-22-42-48(36)52(44)46-24-10-8-20-40(46)50(42)34-15-5-2-6-16-34/h1-30H. The van der Waals surface area contributed by atoms with Crippen LogP contribution in [0.25, 0.3) is 66.1 Å². The van der Waals surface area contributed by atoms with E-state index in [2.05, 4.69) is 191 Å². The summed E-state index contributed by atoms with van der Waals surface area (Å²) in [5.74, 6) is 0. The molecular formula is C48H30B2N2.